The third-order valence-electron chi connectivity index (χ3n) is 6.21. The van der Waals surface area contributed by atoms with Crippen molar-refractivity contribution in [2.24, 2.45) is 0 Å². The summed E-state index contributed by atoms with van der Waals surface area (Å²) in [5.41, 5.74) is 2.07. The number of halogens is 1. The lowest BCUT2D eigenvalue weighted by atomic mass is 10.1. The molecule has 1 N–H and O–H groups in total. The molecule has 0 saturated carbocycles. The molecule has 0 radical (unpaired) electrons. The number of rotatable bonds is 7. The minimum Gasteiger partial charge on any atom is -0.488 e. The van der Waals surface area contributed by atoms with Crippen LogP contribution in [-0.2, 0) is 9.84 Å². The SMILES string of the molecule is C[C@H](CN(C)C)Oc1cc(N2CCCS(=O)(=O)C2)cc2ncnc(Nc3ccc4ncccc4c3F)c12. The van der Waals surface area contributed by atoms with Gasteiger partial charge in [0.05, 0.1) is 27.9 Å². The Hall–Kier alpha value is -3.57. The maximum absolute atomic E-state index is 15.3. The van der Waals surface area contributed by atoms with E-state index in [-0.39, 0.29) is 23.4 Å². The fourth-order valence-corrected chi connectivity index (χ4v) is 6.12. The molecular formula is C26H29FN6O3S. The third-order valence-corrected chi connectivity index (χ3v) is 7.83. The highest BCUT2D eigenvalue weighted by atomic mass is 32.2. The molecule has 0 spiro atoms. The lowest BCUT2D eigenvalue weighted by Gasteiger charge is -2.29. The lowest BCUT2D eigenvalue weighted by Crippen LogP contribution is -2.37. The summed E-state index contributed by atoms with van der Waals surface area (Å²) in [4.78, 5) is 16.9. The van der Waals surface area contributed by atoms with Crippen LogP contribution in [0.1, 0.15) is 13.3 Å². The average molecular weight is 525 g/mol. The van der Waals surface area contributed by atoms with E-state index in [4.69, 9.17) is 4.74 Å². The van der Waals surface area contributed by atoms with Crippen LogP contribution in [0.2, 0.25) is 0 Å². The molecule has 1 aliphatic rings. The number of ether oxygens (including phenoxy) is 1. The fourth-order valence-electron chi connectivity index (χ4n) is 4.66. The fraction of sp³-hybridized carbons (Fsp3) is 0.346. The summed E-state index contributed by atoms with van der Waals surface area (Å²) in [6.07, 6.45) is 3.39. The number of pyridine rings is 1. The van der Waals surface area contributed by atoms with Gasteiger partial charge < -0.3 is 19.9 Å². The molecule has 1 fully saturated rings. The predicted molar refractivity (Wildman–Crippen MR) is 144 cm³/mol. The van der Waals surface area contributed by atoms with E-state index in [9.17, 15) is 8.42 Å². The Kier molecular flexibility index (Phi) is 6.82. The van der Waals surface area contributed by atoms with Gasteiger partial charge >= 0.3 is 0 Å². The van der Waals surface area contributed by atoms with E-state index in [2.05, 4.69) is 20.3 Å². The van der Waals surface area contributed by atoms with Crippen LogP contribution in [0, 0.1) is 5.82 Å². The number of hydrogen-bond donors (Lipinski definition) is 1. The number of benzene rings is 2. The molecule has 0 amide bonds. The molecule has 1 atom stereocenters. The number of fused-ring (bicyclic) bond motifs is 2. The van der Waals surface area contributed by atoms with Crippen LogP contribution in [0.3, 0.4) is 0 Å². The molecule has 3 heterocycles. The minimum atomic E-state index is -3.17. The smallest absolute Gasteiger partial charge is 0.168 e. The topological polar surface area (TPSA) is 101 Å². The number of anilines is 3. The molecule has 0 aliphatic carbocycles. The first-order valence-electron chi connectivity index (χ1n) is 12.1. The quantitative estimate of drug-likeness (QED) is 0.385. The largest absolute Gasteiger partial charge is 0.488 e. The molecule has 1 aliphatic heterocycles. The maximum Gasteiger partial charge on any atom is 0.168 e. The van der Waals surface area contributed by atoms with Crippen LogP contribution in [0.5, 0.6) is 5.75 Å². The zero-order chi connectivity index (χ0) is 26.2. The maximum atomic E-state index is 15.3. The Bertz CT molecular complexity index is 1560. The number of nitrogens with one attached hydrogen (secondary N) is 1. The van der Waals surface area contributed by atoms with Crippen molar-refractivity contribution in [3.8, 4) is 5.75 Å². The van der Waals surface area contributed by atoms with Crippen LogP contribution in [0.4, 0.5) is 21.6 Å². The van der Waals surface area contributed by atoms with Gasteiger partial charge in [0, 0.05) is 36.4 Å². The van der Waals surface area contributed by atoms with Crippen LogP contribution in [0.25, 0.3) is 21.8 Å². The van der Waals surface area contributed by atoms with Gasteiger partial charge in [0.1, 0.15) is 29.9 Å². The number of hydrogen-bond acceptors (Lipinski definition) is 9. The van der Waals surface area contributed by atoms with Crippen molar-refractivity contribution >= 4 is 48.8 Å². The van der Waals surface area contributed by atoms with Crippen LogP contribution in [-0.4, -0.2) is 73.2 Å². The van der Waals surface area contributed by atoms with Gasteiger partial charge in [-0.3, -0.25) is 4.98 Å². The Balaban J connectivity index is 1.61. The molecule has 2 aromatic heterocycles. The Morgan fingerprint density at radius 2 is 2.00 bits per heavy atom. The van der Waals surface area contributed by atoms with E-state index in [1.54, 1.807) is 30.5 Å². The Morgan fingerprint density at radius 1 is 1.16 bits per heavy atom. The first kappa shape index (κ1) is 25.1. The van der Waals surface area contributed by atoms with E-state index in [0.717, 1.165) is 0 Å². The zero-order valence-corrected chi connectivity index (χ0v) is 21.8. The Morgan fingerprint density at radius 3 is 2.78 bits per heavy atom. The average Bonchev–Trinajstić information content (AvgIpc) is 2.84. The van der Waals surface area contributed by atoms with Crippen LogP contribution >= 0.6 is 0 Å². The molecule has 4 aromatic rings. The molecule has 0 bridgehead atoms. The minimum absolute atomic E-state index is 0.0578. The molecule has 5 rings (SSSR count). The highest BCUT2D eigenvalue weighted by Gasteiger charge is 2.25. The monoisotopic (exact) mass is 524 g/mol. The standard InChI is InChI=1S/C26H29FN6O3S/c1-17(14-32(2)3)36-23-13-18(33-10-5-11-37(34,35)16-33)12-22-24(23)26(30-15-29-22)31-21-8-7-20-19(25(21)27)6-4-9-28-20/h4,6-9,12-13,15,17H,5,10-11,14,16H2,1-3H3,(H,29,30,31)/t17-/m1/s1. The van der Waals surface area contributed by atoms with Gasteiger partial charge in [-0.15, -0.1) is 0 Å². The van der Waals surface area contributed by atoms with E-state index in [1.807, 2.05) is 43.0 Å². The second-order valence-electron chi connectivity index (χ2n) is 9.57. The van der Waals surface area contributed by atoms with E-state index in [1.165, 1.54) is 6.33 Å². The molecule has 37 heavy (non-hydrogen) atoms. The molecule has 0 unspecified atom stereocenters. The molecular weight excluding hydrogens is 495 g/mol. The summed E-state index contributed by atoms with van der Waals surface area (Å²) in [6.45, 7) is 3.23. The molecule has 11 heteroatoms. The molecule has 9 nitrogen and oxygen atoms in total. The van der Waals surface area contributed by atoms with E-state index in [0.29, 0.717) is 58.6 Å². The highest BCUT2D eigenvalue weighted by molar-refractivity contribution is 7.91. The summed E-state index contributed by atoms with van der Waals surface area (Å²) in [5.74, 6) is 0.574. The van der Waals surface area contributed by atoms with Crippen molar-refractivity contribution < 1.29 is 17.5 Å². The summed E-state index contributed by atoms with van der Waals surface area (Å²) in [6, 6.07) is 10.4. The second kappa shape index (κ2) is 10.1. The highest BCUT2D eigenvalue weighted by Crippen LogP contribution is 2.38. The van der Waals surface area contributed by atoms with E-state index >= 15 is 4.39 Å². The summed E-state index contributed by atoms with van der Waals surface area (Å²) < 4.78 is 46.3. The lowest BCUT2D eigenvalue weighted by molar-refractivity contribution is 0.179. The van der Waals surface area contributed by atoms with Gasteiger partial charge in [-0.1, -0.05) is 0 Å². The van der Waals surface area contributed by atoms with Gasteiger partial charge in [-0.2, -0.15) is 0 Å². The Labute approximate surface area is 215 Å². The van der Waals surface area contributed by atoms with E-state index < -0.39 is 15.7 Å². The second-order valence-corrected chi connectivity index (χ2v) is 11.7. The van der Waals surface area contributed by atoms with Crippen molar-refractivity contribution in [1.29, 1.82) is 0 Å². The molecule has 2 aromatic carbocycles. The predicted octanol–water partition coefficient (Wildman–Crippen LogP) is 3.97. The van der Waals surface area contributed by atoms with Crippen molar-refractivity contribution in [1.82, 2.24) is 19.9 Å². The number of likely N-dealkylation sites (N-methyl/N-ethyl adjacent to an activating group) is 1. The normalized spacial score (nSPS) is 16.3. The zero-order valence-electron chi connectivity index (χ0n) is 21.0. The number of nitrogens with zero attached hydrogens (tertiary/aromatic N) is 5. The van der Waals surface area contributed by atoms with Crippen LogP contribution in [0.15, 0.2) is 48.9 Å². The molecule has 194 valence electrons. The van der Waals surface area contributed by atoms with Crippen molar-refractivity contribution in [2.45, 2.75) is 19.4 Å². The van der Waals surface area contributed by atoms with Crippen molar-refractivity contribution in [3.63, 3.8) is 0 Å². The third kappa shape index (κ3) is 5.42. The summed E-state index contributed by atoms with van der Waals surface area (Å²) in [5, 5.41) is 4.10. The number of aromatic nitrogens is 3. The summed E-state index contributed by atoms with van der Waals surface area (Å²) >= 11 is 0. The van der Waals surface area contributed by atoms with Gasteiger partial charge in [0.2, 0.25) is 0 Å². The van der Waals surface area contributed by atoms with Crippen molar-refractivity contribution in [2.75, 3.05) is 49.0 Å². The summed E-state index contributed by atoms with van der Waals surface area (Å²) in [7, 11) is 0.747. The van der Waals surface area contributed by atoms with Gasteiger partial charge in [0.25, 0.3) is 0 Å². The first-order chi connectivity index (χ1) is 17.7. The van der Waals surface area contributed by atoms with Gasteiger partial charge in [0.15, 0.2) is 15.7 Å². The van der Waals surface area contributed by atoms with Crippen molar-refractivity contribution in [3.05, 3.63) is 54.7 Å². The number of sulfone groups is 1. The van der Waals surface area contributed by atoms with Crippen LogP contribution < -0.4 is 15.0 Å². The molecule has 1 saturated heterocycles. The van der Waals surface area contributed by atoms with Gasteiger partial charge in [-0.25, -0.2) is 22.8 Å². The van der Waals surface area contributed by atoms with Gasteiger partial charge in [-0.05, 0) is 57.8 Å². The first-order valence-corrected chi connectivity index (χ1v) is 13.9.